The summed E-state index contributed by atoms with van der Waals surface area (Å²) in [6.45, 7) is 6.56. The number of aryl methyl sites for hydroxylation is 1. The van der Waals surface area contributed by atoms with Crippen molar-refractivity contribution >= 4 is 22.6 Å². The van der Waals surface area contributed by atoms with Crippen molar-refractivity contribution in [1.82, 2.24) is 9.88 Å². The third-order valence-corrected chi connectivity index (χ3v) is 7.70. The first-order valence-electron chi connectivity index (χ1n) is 12.0. The van der Waals surface area contributed by atoms with E-state index in [1.807, 2.05) is 31.2 Å². The number of H-pyrrole nitrogens is 1. The van der Waals surface area contributed by atoms with Gasteiger partial charge < -0.3 is 9.82 Å². The van der Waals surface area contributed by atoms with Gasteiger partial charge in [-0.05, 0) is 74.8 Å². The van der Waals surface area contributed by atoms with E-state index in [9.17, 15) is 4.79 Å². The number of aromatic nitrogens is 1. The molecule has 1 aromatic heterocycles. The van der Waals surface area contributed by atoms with Crippen LogP contribution in [0, 0.1) is 12.3 Å². The Labute approximate surface area is 190 Å². The molecule has 3 aromatic rings. The van der Waals surface area contributed by atoms with Crippen LogP contribution in [0.15, 0.2) is 48.5 Å². The van der Waals surface area contributed by atoms with Crippen LogP contribution in [-0.4, -0.2) is 28.9 Å². The van der Waals surface area contributed by atoms with Crippen LogP contribution in [0.4, 0.5) is 5.69 Å². The van der Waals surface area contributed by atoms with Crippen molar-refractivity contribution in [2.24, 2.45) is 5.41 Å². The largest absolute Gasteiger partial charge is 0.357 e. The second-order valence-corrected chi connectivity index (χ2v) is 9.51. The predicted molar refractivity (Wildman–Crippen MR) is 128 cm³/mol. The molecule has 5 rings (SSSR count). The number of fused-ring (bicyclic) bond motifs is 5. The standard InChI is InChI=1S/C27H33N3O2/c1-3-27(16-13-24(31)32-29-20-11-9-19(2)10-12-20)15-6-17-30-18-14-22-21-7-4-5-8-23(21)28-25(22)26(27)30/h4-5,7-12,26,28-29H,3,6,13-18H2,1-2H3/t26-,27-/m1/s1. The topological polar surface area (TPSA) is 57.4 Å². The van der Waals surface area contributed by atoms with Gasteiger partial charge in [-0.2, -0.15) is 0 Å². The van der Waals surface area contributed by atoms with E-state index >= 15 is 0 Å². The van der Waals surface area contributed by atoms with Crippen molar-refractivity contribution in [2.75, 3.05) is 18.6 Å². The molecule has 0 saturated carbocycles. The normalized spacial score (nSPS) is 22.9. The molecule has 0 spiro atoms. The lowest BCUT2D eigenvalue weighted by atomic mass is 9.65. The summed E-state index contributed by atoms with van der Waals surface area (Å²) in [5.41, 5.74) is 8.96. The molecule has 0 aliphatic carbocycles. The number of aromatic amines is 1. The molecule has 0 bridgehead atoms. The Morgan fingerprint density at radius 2 is 2.00 bits per heavy atom. The molecule has 0 unspecified atom stereocenters. The molecule has 0 radical (unpaired) electrons. The molecule has 2 N–H and O–H groups in total. The van der Waals surface area contributed by atoms with Crippen LogP contribution in [0.5, 0.6) is 0 Å². The molecule has 2 aliphatic heterocycles. The van der Waals surface area contributed by atoms with Gasteiger partial charge in [0.05, 0.1) is 11.7 Å². The summed E-state index contributed by atoms with van der Waals surface area (Å²) in [5.74, 6) is -0.191. The Morgan fingerprint density at radius 3 is 2.81 bits per heavy atom. The molecule has 1 saturated heterocycles. The number of carbonyl (C=O) groups excluding carboxylic acids is 1. The molecule has 5 heteroatoms. The smallest absolute Gasteiger partial charge is 0.332 e. The summed E-state index contributed by atoms with van der Waals surface area (Å²) < 4.78 is 0. The minimum atomic E-state index is -0.191. The van der Waals surface area contributed by atoms with Crippen LogP contribution in [0.25, 0.3) is 10.9 Å². The second kappa shape index (κ2) is 8.62. The fourth-order valence-electron chi connectivity index (χ4n) is 5.94. The first kappa shape index (κ1) is 21.1. The molecule has 0 amide bonds. The van der Waals surface area contributed by atoms with E-state index in [-0.39, 0.29) is 11.4 Å². The van der Waals surface area contributed by atoms with Gasteiger partial charge in [0.2, 0.25) is 0 Å². The first-order valence-corrected chi connectivity index (χ1v) is 12.0. The van der Waals surface area contributed by atoms with Crippen molar-refractivity contribution in [3.05, 3.63) is 65.4 Å². The molecule has 5 nitrogen and oxygen atoms in total. The van der Waals surface area contributed by atoms with Crippen LogP contribution in [0.2, 0.25) is 0 Å². The Bertz CT molecular complexity index is 1100. The van der Waals surface area contributed by atoms with Gasteiger partial charge in [0.1, 0.15) is 0 Å². The summed E-state index contributed by atoms with van der Waals surface area (Å²) in [5, 5.41) is 1.36. The monoisotopic (exact) mass is 431 g/mol. The molecule has 3 heterocycles. The third-order valence-electron chi connectivity index (χ3n) is 7.70. The second-order valence-electron chi connectivity index (χ2n) is 9.51. The van der Waals surface area contributed by atoms with E-state index in [1.165, 1.54) is 34.1 Å². The minimum Gasteiger partial charge on any atom is -0.357 e. The van der Waals surface area contributed by atoms with Gasteiger partial charge in [0.25, 0.3) is 0 Å². The highest BCUT2D eigenvalue weighted by Gasteiger charge is 2.47. The zero-order valence-electron chi connectivity index (χ0n) is 19.1. The number of hydrogen-bond donors (Lipinski definition) is 2. The van der Waals surface area contributed by atoms with Gasteiger partial charge in [-0.1, -0.05) is 42.8 Å². The molecular weight excluding hydrogens is 398 g/mol. The Kier molecular flexibility index (Phi) is 5.68. The maximum atomic E-state index is 12.6. The van der Waals surface area contributed by atoms with Crippen LogP contribution < -0.4 is 5.48 Å². The fraction of sp³-hybridized carbons (Fsp3) is 0.444. The Morgan fingerprint density at radius 1 is 1.19 bits per heavy atom. The fourth-order valence-corrected chi connectivity index (χ4v) is 5.94. The first-order chi connectivity index (χ1) is 15.6. The molecule has 1 fully saturated rings. The summed E-state index contributed by atoms with van der Waals surface area (Å²) in [6, 6.07) is 16.9. The Balaban J connectivity index is 1.34. The van der Waals surface area contributed by atoms with E-state index in [2.05, 4.69) is 46.6 Å². The third kappa shape index (κ3) is 3.79. The summed E-state index contributed by atoms with van der Waals surface area (Å²) in [7, 11) is 0. The van der Waals surface area contributed by atoms with Crippen molar-refractivity contribution in [1.29, 1.82) is 0 Å². The number of nitrogens with one attached hydrogen (secondary N) is 2. The lowest BCUT2D eigenvalue weighted by molar-refractivity contribution is -0.142. The van der Waals surface area contributed by atoms with Gasteiger partial charge in [-0.3, -0.25) is 4.90 Å². The van der Waals surface area contributed by atoms with E-state index in [1.54, 1.807) is 0 Å². The van der Waals surface area contributed by atoms with Crippen molar-refractivity contribution < 1.29 is 9.63 Å². The molecular formula is C27H33N3O2. The number of benzene rings is 2. The summed E-state index contributed by atoms with van der Waals surface area (Å²) in [4.78, 5) is 24.4. The molecule has 2 aliphatic rings. The number of carbonyl (C=O) groups is 1. The molecule has 2 aromatic carbocycles. The van der Waals surface area contributed by atoms with Crippen molar-refractivity contribution in [3.63, 3.8) is 0 Å². The van der Waals surface area contributed by atoms with Gasteiger partial charge in [-0.15, -0.1) is 0 Å². The minimum absolute atomic E-state index is 0.0805. The number of piperidine rings is 1. The lowest BCUT2D eigenvalue weighted by Gasteiger charge is -2.52. The molecule has 168 valence electrons. The van der Waals surface area contributed by atoms with Crippen molar-refractivity contribution in [3.8, 4) is 0 Å². The van der Waals surface area contributed by atoms with Crippen LogP contribution in [-0.2, 0) is 16.1 Å². The van der Waals surface area contributed by atoms with Gasteiger partial charge in [0.15, 0.2) is 0 Å². The average Bonchev–Trinajstić information content (AvgIpc) is 3.21. The van der Waals surface area contributed by atoms with E-state index in [0.717, 1.165) is 44.5 Å². The maximum Gasteiger partial charge on any atom is 0.332 e. The molecule has 2 atom stereocenters. The van der Waals surface area contributed by atoms with E-state index < -0.39 is 0 Å². The lowest BCUT2D eigenvalue weighted by Crippen LogP contribution is -2.49. The van der Waals surface area contributed by atoms with Crippen LogP contribution in [0.1, 0.15) is 61.9 Å². The number of para-hydroxylation sites is 1. The van der Waals surface area contributed by atoms with Gasteiger partial charge in [0, 0.05) is 29.6 Å². The zero-order chi connectivity index (χ0) is 22.1. The zero-order valence-corrected chi connectivity index (χ0v) is 19.1. The van der Waals surface area contributed by atoms with Crippen LogP contribution >= 0.6 is 0 Å². The predicted octanol–water partition coefficient (Wildman–Crippen LogP) is 5.92. The number of hydrogen-bond acceptors (Lipinski definition) is 4. The number of rotatable bonds is 6. The van der Waals surface area contributed by atoms with Gasteiger partial charge in [-0.25, -0.2) is 10.3 Å². The Hall–Kier alpha value is -2.79. The highest BCUT2D eigenvalue weighted by molar-refractivity contribution is 5.85. The highest BCUT2D eigenvalue weighted by Crippen LogP contribution is 2.53. The quantitative estimate of drug-likeness (QED) is 0.476. The maximum absolute atomic E-state index is 12.6. The SMILES string of the molecule is CC[C@]1(CCC(=O)ONc2ccc(C)cc2)CCCN2CCc3c([nH]c4ccccc34)[C@@H]21. The number of nitrogens with zero attached hydrogens (tertiary/aromatic N) is 1. The number of anilines is 1. The van der Waals surface area contributed by atoms with Gasteiger partial charge >= 0.3 is 5.97 Å². The van der Waals surface area contributed by atoms with Crippen molar-refractivity contribution in [2.45, 2.75) is 58.4 Å². The summed E-state index contributed by atoms with van der Waals surface area (Å²) in [6.07, 6.45) is 5.76. The summed E-state index contributed by atoms with van der Waals surface area (Å²) >= 11 is 0. The van der Waals surface area contributed by atoms with E-state index in [0.29, 0.717) is 12.5 Å². The molecule has 32 heavy (non-hydrogen) atoms. The highest BCUT2D eigenvalue weighted by atomic mass is 16.7. The average molecular weight is 432 g/mol. The van der Waals surface area contributed by atoms with E-state index in [4.69, 9.17) is 4.84 Å². The van der Waals surface area contributed by atoms with Crippen LogP contribution in [0.3, 0.4) is 0 Å².